The number of nitrogens with zero attached hydrogens (tertiary/aromatic N) is 3. The third kappa shape index (κ3) is 2.48. The first-order chi connectivity index (χ1) is 8.45. The van der Waals surface area contributed by atoms with E-state index in [-0.39, 0.29) is 11.0 Å². The van der Waals surface area contributed by atoms with Crippen LogP contribution in [0.4, 0.5) is 0 Å². The molecular formula is C11H13N3O3S. The van der Waals surface area contributed by atoms with Gasteiger partial charge in [0.15, 0.2) is 0 Å². The molecule has 1 heterocycles. The van der Waals surface area contributed by atoms with E-state index in [9.17, 15) is 8.42 Å². The molecule has 1 aromatic rings. The van der Waals surface area contributed by atoms with Crippen LogP contribution >= 0.6 is 0 Å². The molecule has 0 N–H and O–H groups in total. The van der Waals surface area contributed by atoms with Crippen molar-refractivity contribution in [2.24, 2.45) is 4.52 Å². The van der Waals surface area contributed by atoms with Crippen LogP contribution in [0.3, 0.4) is 0 Å². The summed E-state index contributed by atoms with van der Waals surface area (Å²) in [6.45, 7) is 4.34. The summed E-state index contributed by atoms with van der Waals surface area (Å²) in [6, 6.07) is 3.24. The van der Waals surface area contributed by atoms with Gasteiger partial charge in [-0.2, -0.15) is 0 Å². The van der Waals surface area contributed by atoms with Gasteiger partial charge < -0.3 is 4.74 Å². The number of hydrogen-bond donors (Lipinski definition) is 0. The van der Waals surface area contributed by atoms with Crippen molar-refractivity contribution in [1.29, 1.82) is 0 Å². The quantitative estimate of drug-likeness (QED) is 0.362. The Morgan fingerprint density at radius 2 is 2.11 bits per heavy atom. The molecular weight excluding hydrogens is 254 g/mol. The van der Waals surface area contributed by atoms with Crippen molar-refractivity contribution < 1.29 is 13.2 Å². The minimum Gasteiger partial charge on any atom is -0.373 e. The smallest absolute Gasteiger partial charge is 0.264 e. The molecule has 7 heteroatoms. The van der Waals surface area contributed by atoms with Gasteiger partial charge in [0.2, 0.25) is 0 Å². The molecule has 96 valence electrons. The Bertz CT molecular complexity index is 629. The molecule has 1 fully saturated rings. The standard InChI is InChI=1S/C11H13N3O3S/c1-7-8(2)11(18(15,16)14-13-12)4-3-9(7)5-10-6-17-10/h3-4,10H,5-6H2,1-2H3. The second-order valence-electron chi connectivity index (χ2n) is 4.28. The lowest BCUT2D eigenvalue weighted by molar-refractivity contribution is 0.407. The van der Waals surface area contributed by atoms with Crippen molar-refractivity contribution in [3.63, 3.8) is 0 Å². The summed E-state index contributed by atoms with van der Waals surface area (Å²) in [5.74, 6) is 0. The molecule has 0 saturated carbocycles. The molecule has 0 aromatic heterocycles. The average molecular weight is 267 g/mol. The number of ether oxygens (including phenoxy) is 1. The van der Waals surface area contributed by atoms with Gasteiger partial charge in [-0.1, -0.05) is 6.07 Å². The Balaban J connectivity index is 2.45. The number of sulfonamides is 1. The maximum absolute atomic E-state index is 11.7. The maximum atomic E-state index is 11.7. The van der Waals surface area contributed by atoms with Crippen LogP contribution in [0.15, 0.2) is 21.5 Å². The molecule has 0 aliphatic carbocycles. The Hall–Kier alpha value is -1.56. The highest BCUT2D eigenvalue weighted by molar-refractivity contribution is 7.90. The van der Waals surface area contributed by atoms with Gasteiger partial charge >= 0.3 is 0 Å². The molecule has 1 aliphatic heterocycles. The van der Waals surface area contributed by atoms with Crippen LogP contribution in [-0.2, 0) is 21.2 Å². The van der Waals surface area contributed by atoms with Crippen molar-refractivity contribution in [2.45, 2.75) is 31.3 Å². The molecule has 0 spiro atoms. The van der Waals surface area contributed by atoms with E-state index in [0.717, 1.165) is 24.2 Å². The third-order valence-electron chi connectivity index (χ3n) is 3.12. The summed E-state index contributed by atoms with van der Waals surface area (Å²) in [5.41, 5.74) is 10.9. The molecule has 1 unspecified atom stereocenters. The summed E-state index contributed by atoms with van der Waals surface area (Å²) in [7, 11) is -3.92. The highest BCUT2D eigenvalue weighted by atomic mass is 32.2. The maximum Gasteiger partial charge on any atom is 0.264 e. The van der Waals surface area contributed by atoms with E-state index in [1.54, 1.807) is 13.0 Å². The van der Waals surface area contributed by atoms with Crippen molar-refractivity contribution in [1.82, 2.24) is 0 Å². The molecule has 1 saturated heterocycles. The van der Waals surface area contributed by atoms with Gasteiger partial charge in [0, 0.05) is 15.9 Å². The van der Waals surface area contributed by atoms with Crippen molar-refractivity contribution in [3.8, 4) is 0 Å². The zero-order chi connectivity index (χ0) is 13.3. The zero-order valence-electron chi connectivity index (χ0n) is 10.1. The minimum absolute atomic E-state index is 0.0678. The number of azide groups is 1. The summed E-state index contributed by atoms with van der Waals surface area (Å²) in [4.78, 5) is 2.42. The fourth-order valence-electron chi connectivity index (χ4n) is 1.88. The minimum atomic E-state index is -3.92. The van der Waals surface area contributed by atoms with Crippen molar-refractivity contribution >= 4 is 10.0 Å². The molecule has 6 nitrogen and oxygen atoms in total. The van der Waals surface area contributed by atoms with E-state index in [0.29, 0.717) is 5.56 Å². The predicted octanol–water partition coefficient (Wildman–Crippen LogP) is 2.24. The van der Waals surface area contributed by atoms with Gasteiger partial charge in [0.25, 0.3) is 10.0 Å². The fourth-order valence-corrected chi connectivity index (χ4v) is 2.84. The molecule has 0 amide bonds. The van der Waals surface area contributed by atoms with E-state index in [1.807, 2.05) is 6.92 Å². The zero-order valence-corrected chi connectivity index (χ0v) is 10.9. The van der Waals surface area contributed by atoms with Crippen LogP contribution in [-0.4, -0.2) is 21.1 Å². The predicted molar refractivity (Wildman–Crippen MR) is 65.7 cm³/mol. The van der Waals surface area contributed by atoms with Crippen molar-refractivity contribution in [3.05, 3.63) is 39.3 Å². The van der Waals surface area contributed by atoms with Gasteiger partial charge in [-0.15, -0.1) is 0 Å². The first kappa shape index (κ1) is 12.9. The summed E-state index contributed by atoms with van der Waals surface area (Å²) in [5, 5.41) is 0. The Morgan fingerprint density at radius 1 is 1.44 bits per heavy atom. The second-order valence-corrected chi connectivity index (χ2v) is 5.83. The molecule has 2 rings (SSSR count). The Morgan fingerprint density at radius 3 is 2.67 bits per heavy atom. The first-order valence-corrected chi connectivity index (χ1v) is 6.92. The summed E-state index contributed by atoms with van der Waals surface area (Å²) in [6.07, 6.45) is 1.04. The van der Waals surface area contributed by atoms with Crippen LogP contribution in [0, 0.1) is 13.8 Å². The highest BCUT2D eigenvalue weighted by Gasteiger charge is 2.25. The topological polar surface area (TPSA) is 95.4 Å². The summed E-state index contributed by atoms with van der Waals surface area (Å²) >= 11 is 0. The molecule has 1 aliphatic rings. The molecule has 1 atom stereocenters. The van der Waals surface area contributed by atoms with Crippen LogP contribution in [0.2, 0.25) is 0 Å². The molecule has 1 aromatic carbocycles. The lowest BCUT2D eigenvalue weighted by Gasteiger charge is -2.11. The van der Waals surface area contributed by atoms with E-state index in [1.165, 1.54) is 6.07 Å². The van der Waals surface area contributed by atoms with E-state index < -0.39 is 10.0 Å². The van der Waals surface area contributed by atoms with Gasteiger partial charge in [-0.3, -0.25) is 0 Å². The van der Waals surface area contributed by atoms with Gasteiger partial charge in [0.1, 0.15) is 0 Å². The SMILES string of the molecule is Cc1c(CC2CO2)ccc(S(=O)(=O)N=[N+]=[N-])c1C. The molecule has 0 radical (unpaired) electrons. The monoisotopic (exact) mass is 267 g/mol. The lowest BCUT2D eigenvalue weighted by Crippen LogP contribution is -2.04. The van der Waals surface area contributed by atoms with Crippen LogP contribution in [0.1, 0.15) is 16.7 Å². The third-order valence-corrected chi connectivity index (χ3v) is 4.41. The fraction of sp³-hybridized carbons (Fsp3) is 0.455. The van der Waals surface area contributed by atoms with E-state index >= 15 is 0 Å². The van der Waals surface area contributed by atoms with E-state index in [4.69, 9.17) is 10.3 Å². The van der Waals surface area contributed by atoms with Gasteiger partial charge in [-0.05, 0) is 42.1 Å². The van der Waals surface area contributed by atoms with Gasteiger partial charge in [0.05, 0.1) is 17.6 Å². The average Bonchev–Trinajstić information content (AvgIpc) is 3.08. The second kappa shape index (κ2) is 4.61. The highest BCUT2D eigenvalue weighted by Crippen LogP contribution is 2.26. The summed E-state index contributed by atoms with van der Waals surface area (Å²) < 4.78 is 31.4. The Kier molecular flexibility index (Phi) is 3.30. The van der Waals surface area contributed by atoms with Crippen LogP contribution < -0.4 is 0 Å². The van der Waals surface area contributed by atoms with Gasteiger partial charge in [-0.25, -0.2) is 8.42 Å². The van der Waals surface area contributed by atoms with Crippen LogP contribution in [0.25, 0.3) is 10.4 Å². The largest absolute Gasteiger partial charge is 0.373 e. The first-order valence-electron chi connectivity index (χ1n) is 5.48. The number of benzene rings is 1. The number of rotatable bonds is 4. The lowest BCUT2D eigenvalue weighted by atomic mass is 10.00. The van der Waals surface area contributed by atoms with Crippen molar-refractivity contribution in [2.75, 3.05) is 6.61 Å². The molecule has 0 bridgehead atoms. The van der Waals surface area contributed by atoms with Crippen LogP contribution in [0.5, 0.6) is 0 Å². The molecule has 18 heavy (non-hydrogen) atoms. The Labute approximate surface area is 105 Å². The normalized spacial score (nSPS) is 18.2. The number of epoxide rings is 1. The number of hydrogen-bond acceptors (Lipinski definition) is 3. The van der Waals surface area contributed by atoms with E-state index in [2.05, 4.69) is 9.43 Å².